The number of thioether (sulfide) groups is 1. The van der Waals surface area contributed by atoms with Crippen LogP contribution in [0.1, 0.15) is 48.3 Å². The summed E-state index contributed by atoms with van der Waals surface area (Å²) in [6, 6.07) is 8.07. The number of hydrogen-bond acceptors (Lipinski definition) is 6. The highest BCUT2D eigenvalue weighted by Gasteiger charge is 2.43. The standard InChI is InChI=1S/C21H22ClN3OS3/c1-12(15-10-13-4-5-14(15)9-13)25-20(18-3-2-8-27-18)23-24-21(25)28-11-16(26)17-6-7-19(22)29-17/h2-3,6-8,12-15H,4-5,9-11H2,1H3/t12-,13-,14-,15+/m0/s1. The van der Waals surface area contributed by atoms with Gasteiger partial charge in [0.25, 0.3) is 0 Å². The van der Waals surface area contributed by atoms with Gasteiger partial charge < -0.3 is 0 Å². The number of aromatic nitrogens is 3. The third kappa shape index (κ3) is 3.82. The number of carbonyl (C=O) groups excluding carboxylic acids is 1. The van der Waals surface area contributed by atoms with E-state index in [0.29, 0.717) is 26.9 Å². The summed E-state index contributed by atoms with van der Waals surface area (Å²) in [6.07, 6.45) is 5.44. The van der Waals surface area contributed by atoms with E-state index < -0.39 is 0 Å². The lowest BCUT2D eigenvalue weighted by Crippen LogP contribution is -2.23. The number of halogens is 1. The molecule has 2 fully saturated rings. The molecule has 4 nitrogen and oxygen atoms in total. The van der Waals surface area contributed by atoms with E-state index in [-0.39, 0.29) is 5.78 Å². The van der Waals surface area contributed by atoms with Gasteiger partial charge in [0, 0.05) is 6.04 Å². The normalized spacial score (nSPS) is 24.3. The molecule has 3 aromatic heterocycles. The molecule has 2 aliphatic rings. The molecule has 2 bridgehead atoms. The van der Waals surface area contributed by atoms with Gasteiger partial charge in [-0.3, -0.25) is 9.36 Å². The lowest BCUT2D eigenvalue weighted by Gasteiger charge is -2.30. The van der Waals surface area contributed by atoms with Gasteiger partial charge >= 0.3 is 0 Å². The molecule has 0 spiro atoms. The molecule has 0 unspecified atom stereocenters. The zero-order chi connectivity index (χ0) is 20.0. The summed E-state index contributed by atoms with van der Waals surface area (Å²) in [5, 5.41) is 12.0. The zero-order valence-electron chi connectivity index (χ0n) is 16.1. The molecule has 2 aliphatic carbocycles. The molecule has 2 saturated carbocycles. The Labute approximate surface area is 187 Å². The molecule has 0 saturated heterocycles. The van der Waals surface area contributed by atoms with Crippen molar-refractivity contribution in [3.63, 3.8) is 0 Å². The quantitative estimate of drug-likeness (QED) is 0.289. The maximum absolute atomic E-state index is 12.6. The Kier molecular flexibility index (Phi) is 5.58. The lowest BCUT2D eigenvalue weighted by molar-refractivity contribution is 0.102. The van der Waals surface area contributed by atoms with Gasteiger partial charge in [-0.15, -0.1) is 32.9 Å². The molecule has 0 aliphatic heterocycles. The third-order valence-corrected chi connectivity index (χ3v) is 9.49. The van der Waals surface area contributed by atoms with Crippen LogP contribution in [-0.2, 0) is 0 Å². The van der Waals surface area contributed by atoms with Crippen LogP contribution in [0.3, 0.4) is 0 Å². The second-order valence-electron chi connectivity index (χ2n) is 8.05. The highest BCUT2D eigenvalue weighted by molar-refractivity contribution is 7.99. The van der Waals surface area contributed by atoms with Crippen molar-refractivity contribution >= 4 is 51.8 Å². The molecule has 0 amide bonds. The highest BCUT2D eigenvalue weighted by atomic mass is 35.5. The smallest absolute Gasteiger partial charge is 0.192 e. The fourth-order valence-electron chi connectivity index (χ4n) is 5.06. The predicted octanol–water partition coefficient (Wildman–Crippen LogP) is 6.69. The van der Waals surface area contributed by atoms with Gasteiger partial charge in [0.1, 0.15) is 0 Å². The molecule has 152 valence electrons. The fraction of sp³-hybridized carbons (Fsp3) is 0.476. The predicted molar refractivity (Wildman–Crippen MR) is 121 cm³/mol. The van der Waals surface area contributed by atoms with Crippen molar-refractivity contribution in [2.75, 3.05) is 5.75 Å². The van der Waals surface area contributed by atoms with E-state index >= 15 is 0 Å². The van der Waals surface area contributed by atoms with Crippen LogP contribution in [-0.4, -0.2) is 26.3 Å². The maximum Gasteiger partial charge on any atom is 0.192 e. The Morgan fingerprint density at radius 2 is 2.21 bits per heavy atom. The van der Waals surface area contributed by atoms with Gasteiger partial charge in [-0.05, 0) is 67.5 Å². The van der Waals surface area contributed by atoms with Crippen LogP contribution < -0.4 is 0 Å². The molecule has 29 heavy (non-hydrogen) atoms. The van der Waals surface area contributed by atoms with E-state index in [4.69, 9.17) is 11.6 Å². The van der Waals surface area contributed by atoms with Gasteiger partial charge in [-0.1, -0.05) is 35.9 Å². The molecular weight excluding hydrogens is 442 g/mol. The number of hydrogen-bond donors (Lipinski definition) is 0. The van der Waals surface area contributed by atoms with Crippen LogP contribution in [0.4, 0.5) is 0 Å². The fourth-order valence-corrected chi connectivity index (χ4v) is 7.74. The minimum absolute atomic E-state index is 0.0895. The summed E-state index contributed by atoms with van der Waals surface area (Å²) in [6.45, 7) is 2.32. The van der Waals surface area contributed by atoms with Crippen LogP contribution in [0, 0.1) is 17.8 Å². The second-order valence-corrected chi connectivity index (χ2v) is 11.7. The van der Waals surface area contributed by atoms with Crippen LogP contribution in [0.2, 0.25) is 4.34 Å². The number of fused-ring (bicyclic) bond motifs is 2. The monoisotopic (exact) mass is 463 g/mol. The van der Waals surface area contributed by atoms with E-state index in [0.717, 1.165) is 27.7 Å². The van der Waals surface area contributed by atoms with Crippen molar-refractivity contribution in [1.82, 2.24) is 14.8 Å². The summed E-state index contributed by atoms with van der Waals surface area (Å²) >= 11 is 10.5. The van der Waals surface area contributed by atoms with Crippen LogP contribution in [0.15, 0.2) is 34.8 Å². The number of thiophene rings is 2. The Morgan fingerprint density at radius 3 is 2.86 bits per heavy atom. The first-order chi connectivity index (χ1) is 14.1. The van der Waals surface area contributed by atoms with E-state index in [1.165, 1.54) is 48.8 Å². The summed E-state index contributed by atoms with van der Waals surface area (Å²) in [5.41, 5.74) is 0. The molecule has 0 radical (unpaired) electrons. The number of rotatable bonds is 7. The number of ketones is 1. The van der Waals surface area contributed by atoms with Crippen molar-refractivity contribution in [3.8, 4) is 10.7 Å². The molecule has 8 heteroatoms. The molecule has 5 rings (SSSR count). The topological polar surface area (TPSA) is 47.8 Å². The number of Topliss-reactive ketones (excluding diaryl/α,β-unsaturated/α-hetero) is 1. The Bertz CT molecular complexity index is 1010. The van der Waals surface area contributed by atoms with Crippen molar-refractivity contribution < 1.29 is 4.79 Å². The first kappa shape index (κ1) is 19.8. The van der Waals surface area contributed by atoms with Crippen LogP contribution in [0.25, 0.3) is 10.7 Å². The lowest BCUT2D eigenvalue weighted by atomic mass is 9.84. The Hall–Kier alpha value is -1.15. The molecule has 4 atom stereocenters. The molecule has 0 aromatic carbocycles. The van der Waals surface area contributed by atoms with Gasteiger partial charge in [0.15, 0.2) is 16.8 Å². The van der Waals surface area contributed by atoms with Gasteiger partial charge in [-0.25, -0.2) is 0 Å². The van der Waals surface area contributed by atoms with Gasteiger partial charge in [-0.2, -0.15) is 0 Å². The third-order valence-electron chi connectivity index (χ3n) is 6.41. The summed E-state index contributed by atoms with van der Waals surface area (Å²) in [4.78, 5) is 14.4. The molecule has 3 aromatic rings. The van der Waals surface area contributed by atoms with E-state index in [2.05, 4.69) is 39.2 Å². The van der Waals surface area contributed by atoms with Crippen LogP contribution >= 0.6 is 46.0 Å². The highest BCUT2D eigenvalue weighted by Crippen LogP contribution is 2.53. The number of carbonyl (C=O) groups is 1. The average molecular weight is 464 g/mol. The molecule has 0 N–H and O–H groups in total. The number of nitrogens with zero attached hydrogens (tertiary/aromatic N) is 3. The first-order valence-corrected chi connectivity index (χ1v) is 13.1. The summed E-state index contributed by atoms with van der Waals surface area (Å²) < 4.78 is 2.95. The van der Waals surface area contributed by atoms with E-state index in [1.54, 1.807) is 23.5 Å². The maximum atomic E-state index is 12.6. The first-order valence-electron chi connectivity index (χ1n) is 10.00. The largest absolute Gasteiger partial charge is 0.298 e. The minimum atomic E-state index is 0.0895. The Balaban J connectivity index is 1.41. The van der Waals surface area contributed by atoms with E-state index in [1.807, 2.05) is 0 Å². The van der Waals surface area contributed by atoms with Crippen molar-refractivity contribution in [1.29, 1.82) is 0 Å². The molecular formula is C21H22ClN3OS3. The van der Waals surface area contributed by atoms with Gasteiger partial charge in [0.05, 0.1) is 19.8 Å². The second kappa shape index (κ2) is 8.17. The summed E-state index contributed by atoms with van der Waals surface area (Å²) in [7, 11) is 0. The van der Waals surface area contributed by atoms with Crippen molar-refractivity contribution in [2.45, 2.75) is 43.8 Å². The average Bonchev–Trinajstić information content (AvgIpc) is 3.53. The van der Waals surface area contributed by atoms with Gasteiger partial charge in [0.2, 0.25) is 0 Å². The van der Waals surface area contributed by atoms with Crippen LogP contribution in [0.5, 0.6) is 0 Å². The SMILES string of the molecule is C[C@@H]([C@H]1C[C@H]2CC[C@H]1C2)n1c(SCC(=O)c2ccc(Cl)s2)nnc1-c1cccs1. The van der Waals surface area contributed by atoms with Crippen molar-refractivity contribution in [2.24, 2.45) is 17.8 Å². The zero-order valence-corrected chi connectivity index (χ0v) is 19.3. The Morgan fingerprint density at radius 1 is 1.31 bits per heavy atom. The van der Waals surface area contributed by atoms with E-state index in [9.17, 15) is 4.79 Å². The molecule has 3 heterocycles. The summed E-state index contributed by atoms with van der Waals surface area (Å²) in [5.74, 6) is 3.77. The van der Waals surface area contributed by atoms with Crippen molar-refractivity contribution in [3.05, 3.63) is 38.9 Å². The minimum Gasteiger partial charge on any atom is -0.298 e.